The maximum Gasteiger partial charge on any atom is 0.472 e. The summed E-state index contributed by atoms with van der Waals surface area (Å²) >= 11 is 0. The Labute approximate surface area is 328 Å². The van der Waals surface area contributed by atoms with Crippen LogP contribution in [0.5, 0.6) is 0 Å². The van der Waals surface area contributed by atoms with E-state index in [4.69, 9.17) is 24.8 Å². The van der Waals surface area contributed by atoms with Gasteiger partial charge >= 0.3 is 25.7 Å². The smallest absolute Gasteiger partial charge is 0.472 e. The van der Waals surface area contributed by atoms with Crippen LogP contribution >= 0.6 is 7.82 Å². The van der Waals surface area contributed by atoms with Gasteiger partial charge < -0.3 is 25.2 Å². The molecule has 0 aromatic heterocycles. The number of ether oxygens (including phenoxy) is 2. The summed E-state index contributed by atoms with van der Waals surface area (Å²) in [5.41, 5.74) is 5.33. The zero-order valence-corrected chi connectivity index (χ0v) is 35.0. The van der Waals surface area contributed by atoms with Gasteiger partial charge in [0.05, 0.1) is 13.2 Å². The van der Waals surface area contributed by atoms with Crippen LogP contribution in [-0.4, -0.2) is 59.9 Å². The van der Waals surface area contributed by atoms with Crippen molar-refractivity contribution in [1.29, 1.82) is 0 Å². The van der Waals surface area contributed by atoms with Crippen molar-refractivity contribution in [2.45, 2.75) is 206 Å². The number of carbonyl (C=O) groups is 3. The van der Waals surface area contributed by atoms with Gasteiger partial charge in [-0.2, -0.15) is 0 Å². The average molecular weight is 788 g/mol. The van der Waals surface area contributed by atoms with E-state index < -0.39 is 51.1 Å². The Morgan fingerprint density at radius 1 is 0.556 bits per heavy atom. The van der Waals surface area contributed by atoms with Crippen molar-refractivity contribution >= 4 is 25.7 Å². The molecule has 54 heavy (non-hydrogen) atoms. The maximum atomic E-state index is 12.6. The number of phosphoric acid groups is 1. The molecule has 0 spiro atoms. The molecule has 0 radical (unpaired) electrons. The van der Waals surface area contributed by atoms with Gasteiger partial charge in [-0.1, -0.05) is 141 Å². The fraction of sp³-hybridized carbons (Fsp3) is 0.833. The van der Waals surface area contributed by atoms with Gasteiger partial charge in [-0.25, -0.2) is 4.57 Å². The molecule has 4 N–H and O–H groups in total. The molecular formula is C42H78NO10P. The fourth-order valence-electron chi connectivity index (χ4n) is 5.76. The second-order valence-corrected chi connectivity index (χ2v) is 15.9. The zero-order valence-electron chi connectivity index (χ0n) is 34.1. The Bertz CT molecular complexity index is 1020. The highest BCUT2D eigenvalue weighted by Crippen LogP contribution is 2.43. The molecule has 3 atom stereocenters. The van der Waals surface area contributed by atoms with Crippen LogP contribution in [0.2, 0.25) is 0 Å². The van der Waals surface area contributed by atoms with E-state index in [1.165, 1.54) is 89.9 Å². The first-order chi connectivity index (χ1) is 26.1. The Kier molecular flexibility index (Phi) is 36.4. The van der Waals surface area contributed by atoms with E-state index in [1.807, 2.05) is 0 Å². The third-order valence-corrected chi connectivity index (χ3v) is 10.1. The van der Waals surface area contributed by atoms with Crippen LogP contribution in [0.4, 0.5) is 0 Å². The number of carbonyl (C=O) groups excluding carboxylic acids is 2. The van der Waals surface area contributed by atoms with Crippen LogP contribution in [0.3, 0.4) is 0 Å². The molecule has 0 aliphatic rings. The number of unbranched alkanes of at least 4 members (excludes halogenated alkanes) is 22. The number of allylic oxidation sites excluding steroid dienone is 4. The number of phosphoric ester groups is 1. The molecule has 316 valence electrons. The Hall–Kier alpha value is -2.04. The third-order valence-electron chi connectivity index (χ3n) is 9.17. The highest BCUT2D eigenvalue weighted by atomic mass is 31.2. The summed E-state index contributed by atoms with van der Waals surface area (Å²) in [5.74, 6) is -2.39. The average Bonchev–Trinajstić information content (AvgIpc) is 3.14. The highest BCUT2D eigenvalue weighted by molar-refractivity contribution is 7.47. The second-order valence-electron chi connectivity index (χ2n) is 14.5. The number of nitrogens with two attached hydrogens (primary N) is 1. The molecule has 0 fully saturated rings. The Balaban J connectivity index is 4.36. The largest absolute Gasteiger partial charge is 0.480 e. The van der Waals surface area contributed by atoms with E-state index >= 15 is 0 Å². The number of carboxylic acids is 1. The summed E-state index contributed by atoms with van der Waals surface area (Å²) < 4.78 is 32.6. The van der Waals surface area contributed by atoms with E-state index in [0.29, 0.717) is 12.8 Å². The minimum Gasteiger partial charge on any atom is -0.480 e. The number of hydrogen-bond donors (Lipinski definition) is 3. The van der Waals surface area contributed by atoms with Crippen molar-refractivity contribution in [2.75, 3.05) is 19.8 Å². The van der Waals surface area contributed by atoms with Gasteiger partial charge in [0.2, 0.25) is 0 Å². The second kappa shape index (κ2) is 37.9. The van der Waals surface area contributed by atoms with Crippen molar-refractivity contribution in [3.05, 3.63) is 24.3 Å². The Morgan fingerprint density at radius 3 is 1.37 bits per heavy atom. The highest BCUT2D eigenvalue weighted by Gasteiger charge is 2.28. The van der Waals surface area contributed by atoms with E-state index in [9.17, 15) is 23.8 Å². The molecule has 0 bridgehead atoms. The predicted molar refractivity (Wildman–Crippen MR) is 217 cm³/mol. The van der Waals surface area contributed by atoms with Crippen LogP contribution in [0.15, 0.2) is 24.3 Å². The number of rotatable bonds is 40. The summed E-state index contributed by atoms with van der Waals surface area (Å²) in [6.45, 7) is 2.77. The quantitative estimate of drug-likeness (QED) is 0.0233. The van der Waals surface area contributed by atoms with Crippen molar-refractivity contribution in [1.82, 2.24) is 0 Å². The SMILES string of the molecule is CCCCCC/C=C/CCCCCCCC(=O)O[C@H](COC(=O)CCCCCCCCC/C=C/CCCCCCCC)COP(=O)(O)OC[C@H](N)C(=O)O. The van der Waals surface area contributed by atoms with Crippen LogP contribution in [-0.2, 0) is 37.5 Å². The molecule has 0 saturated carbocycles. The summed E-state index contributed by atoms with van der Waals surface area (Å²) in [5, 5.41) is 8.88. The van der Waals surface area contributed by atoms with Crippen molar-refractivity contribution in [3.63, 3.8) is 0 Å². The van der Waals surface area contributed by atoms with Crippen LogP contribution in [0.25, 0.3) is 0 Å². The molecule has 1 unspecified atom stereocenters. The van der Waals surface area contributed by atoms with Crippen molar-refractivity contribution < 1.29 is 47.5 Å². The van der Waals surface area contributed by atoms with E-state index in [0.717, 1.165) is 64.2 Å². The molecule has 0 amide bonds. The first kappa shape index (κ1) is 52.0. The van der Waals surface area contributed by atoms with E-state index in [-0.39, 0.29) is 19.4 Å². The fourth-order valence-corrected chi connectivity index (χ4v) is 6.54. The van der Waals surface area contributed by atoms with Gasteiger partial charge in [0, 0.05) is 12.8 Å². The predicted octanol–water partition coefficient (Wildman–Crippen LogP) is 11.1. The topological polar surface area (TPSA) is 172 Å². The lowest BCUT2D eigenvalue weighted by atomic mass is 10.1. The number of esters is 2. The molecule has 11 nitrogen and oxygen atoms in total. The molecule has 12 heteroatoms. The third kappa shape index (κ3) is 36.9. The minimum atomic E-state index is -4.71. The van der Waals surface area contributed by atoms with Gasteiger partial charge in [-0.15, -0.1) is 0 Å². The zero-order chi connectivity index (χ0) is 40.0. The molecular weight excluding hydrogens is 709 g/mol. The molecule has 0 rings (SSSR count). The lowest BCUT2D eigenvalue weighted by Gasteiger charge is -2.20. The van der Waals surface area contributed by atoms with Crippen LogP contribution < -0.4 is 5.73 Å². The van der Waals surface area contributed by atoms with Gasteiger partial charge in [-0.05, 0) is 64.2 Å². The standard InChI is InChI=1S/C42H78NO10P/c1-3-5-7-9-11-13-15-17-18-19-20-22-23-25-27-29-31-33-40(44)50-35-38(36-51-54(48,49)52-37-39(43)42(46)47)53-41(45)34-32-30-28-26-24-21-16-14-12-10-8-6-4-2/h14,16-18,38-39H,3-13,15,19-37,43H2,1-2H3,(H,46,47)(H,48,49)/b16-14+,18-17+/t38-,39+/m1/s1. The molecule has 0 aliphatic heterocycles. The van der Waals surface area contributed by atoms with Gasteiger partial charge in [0.1, 0.15) is 12.6 Å². The lowest BCUT2D eigenvalue weighted by molar-refractivity contribution is -0.161. The van der Waals surface area contributed by atoms with E-state index in [1.54, 1.807) is 0 Å². The molecule has 0 heterocycles. The molecule has 0 saturated heterocycles. The number of carboxylic acid groups (broad SMARTS) is 1. The molecule has 0 aromatic rings. The number of aliphatic carboxylic acids is 1. The molecule has 0 aliphatic carbocycles. The Morgan fingerprint density at radius 2 is 0.926 bits per heavy atom. The van der Waals surface area contributed by atoms with Crippen molar-refractivity contribution in [2.24, 2.45) is 5.73 Å². The van der Waals surface area contributed by atoms with E-state index in [2.05, 4.69) is 42.7 Å². The minimum absolute atomic E-state index is 0.152. The number of hydrogen-bond acceptors (Lipinski definition) is 9. The maximum absolute atomic E-state index is 12.6. The first-order valence-electron chi connectivity index (χ1n) is 21.4. The van der Waals surface area contributed by atoms with Gasteiger partial charge in [0.25, 0.3) is 0 Å². The monoisotopic (exact) mass is 788 g/mol. The summed E-state index contributed by atoms with van der Waals surface area (Å²) in [6, 6.07) is -1.52. The molecule has 0 aromatic carbocycles. The lowest BCUT2D eigenvalue weighted by Crippen LogP contribution is -2.34. The summed E-state index contributed by atoms with van der Waals surface area (Å²) in [4.78, 5) is 45.9. The van der Waals surface area contributed by atoms with Crippen LogP contribution in [0, 0.1) is 0 Å². The van der Waals surface area contributed by atoms with Gasteiger partial charge in [0.15, 0.2) is 6.10 Å². The first-order valence-corrected chi connectivity index (χ1v) is 22.9. The van der Waals surface area contributed by atoms with Crippen molar-refractivity contribution in [3.8, 4) is 0 Å². The normalized spacial score (nSPS) is 14.0. The van der Waals surface area contributed by atoms with Crippen LogP contribution in [0.1, 0.15) is 194 Å². The van der Waals surface area contributed by atoms with Gasteiger partial charge in [-0.3, -0.25) is 23.4 Å². The summed E-state index contributed by atoms with van der Waals surface area (Å²) in [6.07, 6.45) is 38.1. The summed E-state index contributed by atoms with van der Waals surface area (Å²) in [7, 11) is -4.71.